The van der Waals surface area contributed by atoms with Crippen LogP contribution in [0.3, 0.4) is 0 Å². The van der Waals surface area contributed by atoms with E-state index in [9.17, 15) is 13.2 Å². The van der Waals surface area contributed by atoms with Crippen molar-refractivity contribution >= 4 is 0 Å². The van der Waals surface area contributed by atoms with Crippen molar-refractivity contribution in [2.24, 2.45) is 5.92 Å². The quantitative estimate of drug-likeness (QED) is 0.407. The fourth-order valence-corrected chi connectivity index (χ4v) is 1.66. The second kappa shape index (κ2) is 3.41. The lowest BCUT2D eigenvalue weighted by molar-refractivity contribution is -0.179. The van der Waals surface area contributed by atoms with Crippen molar-refractivity contribution in [1.82, 2.24) is 0 Å². The first kappa shape index (κ1) is 10.1. The molecule has 0 aromatic heterocycles. The van der Waals surface area contributed by atoms with Gasteiger partial charge >= 0.3 is 6.18 Å². The molecule has 1 aliphatic carbocycles. The van der Waals surface area contributed by atoms with Crippen molar-refractivity contribution in [2.75, 3.05) is 0 Å². The summed E-state index contributed by atoms with van der Waals surface area (Å²) in [6, 6.07) is -1.05. The lowest BCUT2D eigenvalue weighted by Crippen LogP contribution is -2.35. The van der Waals surface area contributed by atoms with E-state index >= 15 is 0 Å². The summed E-state index contributed by atoms with van der Waals surface area (Å²) in [6.45, 7) is 10.2. The maximum atomic E-state index is 12.4. The van der Waals surface area contributed by atoms with Gasteiger partial charge in [0.05, 0.1) is 0 Å². The molecule has 2 unspecified atom stereocenters. The molecule has 2 atom stereocenters. The summed E-state index contributed by atoms with van der Waals surface area (Å²) in [4.78, 5) is 3.01. The van der Waals surface area contributed by atoms with Crippen molar-refractivity contribution in [3.8, 4) is 0 Å². The summed E-state index contributed by atoms with van der Waals surface area (Å²) in [5.41, 5.74) is 0.434. The molecule has 0 amide bonds. The van der Waals surface area contributed by atoms with E-state index in [0.29, 0.717) is 18.4 Å². The molecule has 0 aromatic carbocycles. The Morgan fingerprint density at radius 2 is 2.08 bits per heavy atom. The van der Waals surface area contributed by atoms with Gasteiger partial charge in [0.15, 0.2) is 0 Å². The smallest absolute Gasteiger partial charge is 0.308 e. The van der Waals surface area contributed by atoms with Crippen LogP contribution in [0.2, 0.25) is 0 Å². The van der Waals surface area contributed by atoms with Crippen molar-refractivity contribution < 1.29 is 13.2 Å². The highest BCUT2D eigenvalue weighted by Crippen LogP contribution is 2.40. The monoisotopic (exact) mass is 189 g/mol. The second-order valence-corrected chi connectivity index (χ2v) is 3.27. The number of alkyl halides is 3. The van der Waals surface area contributed by atoms with Gasteiger partial charge in [-0.05, 0) is 19.3 Å². The predicted octanol–water partition coefficient (Wildman–Crippen LogP) is 3.19. The molecular weight excluding hydrogens is 179 g/mol. The lowest BCUT2D eigenvalue weighted by Gasteiger charge is -2.26. The Labute approximate surface area is 75.1 Å². The molecule has 13 heavy (non-hydrogen) atoms. The van der Waals surface area contributed by atoms with Crippen LogP contribution < -0.4 is 0 Å². The molecule has 1 rings (SSSR count). The van der Waals surface area contributed by atoms with Gasteiger partial charge in [-0.15, -0.1) is 0 Å². The zero-order valence-corrected chi connectivity index (χ0v) is 7.06. The van der Waals surface area contributed by atoms with E-state index in [-0.39, 0.29) is 6.42 Å². The zero-order valence-electron chi connectivity index (χ0n) is 7.06. The Balaban J connectivity index is 2.84. The summed E-state index contributed by atoms with van der Waals surface area (Å²) in [5.74, 6) is -1.49. The van der Waals surface area contributed by atoms with Crippen LogP contribution in [0.5, 0.6) is 0 Å². The van der Waals surface area contributed by atoms with Gasteiger partial charge in [0.25, 0.3) is 6.04 Å². The van der Waals surface area contributed by atoms with Gasteiger partial charge in [-0.3, -0.25) is 0 Å². The van der Waals surface area contributed by atoms with Crippen LogP contribution in [0, 0.1) is 12.5 Å². The molecule has 1 nitrogen and oxygen atoms in total. The number of halogens is 3. The van der Waals surface area contributed by atoms with Crippen molar-refractivity contribution in [1.29, 1.82) is 0 Å². The molecule has 0 saturated heterocycles. The first-order valence-corrected chi connectivity index (χ1v) is 4.07. The minimum Gasteiger partial charge on any atom is -0.308 e. The van der Waals surface area contributed by atoms with E-state index in [2.05, 4.69) is 11.4 Å². The molecule has 0 aromatic rings. The van der Waals surface area contributed by atoms with Gasteiger partial charge in [0.2, 0.25) is 0 Å². The number of rotatable bonds is 0. The van der Waals surface area contributed by atoms with Gasteiger partial charge < -0.3 is 4.85 Å². The van der Waals surface area contributed by atoms with Crippen molar-refractivity contribution in [3.63, 3.8) is 0 Å². The first-order chi connectivity index (χ1) is 5.96. The van der Waals surface area contributed by atoms with Gasteiger partial charge in [0.1, 0.15) is 5.92 Å². The van der Waals surface area contributed by atoms with Crippen LogP contribution in [-0.4, -0.2) is 12.2 Å². The first-order valence-electron chi connectivity index (χ1n) is 4.07. The molecule has 1 saturated carbocycles. The van der Waals surface area contributed by atoms with Crippen LogP contribution in [0.25, 0.3) is 4.85 Å². The third kappa shape index (κ3) is 2.03. The molecule has 0 aliphatic heterocycles. The maximum Gasteiger partial charge on any atom is 0.399 e. The third-order valence-electron chi connectivity index (χ3n) is 2.37. The normalized spacial score (nSPS) is 29.8. The van der Waals surface area contributed by atoms with Crippen LogP contribution in [0.4, 0.5) is 13.2 Å². The van der Waals surface area contributed by atoms with E-state index in [1.54, 1.807) is 0 Å². The Morgan fingerprint density at radius 3 is 2.46 bits per heavy atom. The van der Waals surface area contributed by atoms with Gasteiger partial charge in [-0.25, -0.2) is 6.57 Å². The minimum absolute atomic E-state index is 0.0650. The fraction of sp³-hybridized carbons (Fsp3) is 0.667. The summed E-state index contributed by atoms with van der Waals surface area (Å²) in [6.07, 6.45) is -3.14. The molecule has 0 radical (unpaired) electrons. The van der Waals surface area contributed by atoms with Gasteiger partial charge in [-0.2, -0.15) is 13.2 Å². The highest BCUT2D eigenvalue weighted by Gasteiger charge is 2.50. The number of hydrogen-bond acceptors (Lipinski definition) is 0. The zero-order chi connectivity index (χ0) is 10.1. The third-order valence-corrected chi connectivity index (χ3v) is 2.37. The largest absolute Gasteiger partial charge is 0.399 e. The topological polar surface area (TPSA) is 4.36 Å². The van der Waals surface area contributed by atoms with E-state index in [1.165, 1.54) is 0 Å². The molecule has 0 bridgehead atoms. The molecule has 4 heteroatoms. The SMILES string of the molecule is [C-]#[N+]C1C(=C)CCCC1C(F)(F)F. The maximum absolute atomic E-state index is 12.4. The molecule has 1 aliphatic rings. The van der Waals surface area contributed by atoms with E-state index in [1.807, 2.05) is 0 Å². The molecule has 0 heterocycles. The Bertz CT molecular complexity index is 249. The summed E-state index contributed by atoms with van der Waals surface area (Å²) in [7, 11) is 0. The average Bonchev–Trinajstić information content (AvgIpc) is 2.02. The minimum atomic E-state index is -4.25. The Hall–Kier alpha value is -0.980. The molecule has 0 N–H and O–H groups in total. The Kier molecular flexibility index (Phi) is 2.65. The van der Waals surface area contributed by atoms with Crippen LogP contribution in [-0.2, 0) is 0 Å². The summed E-state index contributed by atoms with van der Waals surface area (Å²) >= 11 is 0. The van der Waals surface area contributed by atoms with Crippen molar-refractivity contribution in [2.45, 2.75) is 31.5 Å². The molecule has 0 spiro atoms. The molecular formula is C9H10F3N. The van der Waals surface area contributed by atoms with E-state index in [4.69, 9.17) is 6.57 Å². The van der Waals surface area contributed by atoms with Crippen molar-refractivity contribution in [3.05, 3.63) is 23.6 Å². The highest BCUT2D eigenvalue weighted by atomic mass is 19.4. The summed E-state index contributed by atoms with van der Waals surface area (Å²) < 4.78 is 37.1. The van der Waals surface area contributed by atoms with Gasteiger partial charge in [0, 0.05) is 5.57 Å². The molecule has 1 fully saturated rings. The standard InChI is InChI=1S/C9H10F3N/c1-6-4-3-5-7(8(6)13-2)9(10,11)12/h7-8H,1,3-5H2. The van der Waals surface area contributed by atoms with Crippen LogP contribution in [0.1, 0.15) is 19.3 Å². The fourth-order valence-electron chi connectivity index (χ4n) is 1.66. The summed E-state index contributed by atoms with van der Waals surface area (Å²) in [5, 5.41) is 0. The Morgan fingerprint density at radius 1 is 1.46 bits per heavy atom. The van der Waals surface area contributed by atoms with Gasteiger partial charge in [-0.1, -0.05) is 6.58 Å². The lowest BCUT2D eigenvalue weighted by atomic mass is 9.81. The second-order valence-electron chi connectivity index (χ2n) is 3.27. The van der Waals surface area contributed by atoms with E-state index in [0.717, 1.165) is 0 Å². The predicted molar refractivity (Wildman–Crippen MR) is 42.9 cm³/mol. The number of nitrogens with zero attached hydrogens (tertiary/aromatic N) is 1. The average molecular weight is 189 g/mol. The number of hydrogen-bond donors (Lipinski definition) is 0. The van der Waals surface area contributed by atoms with Crippen LogP contribution in [0.15, 0.2) is 12.2 Å². The van der Waals surface area contributed by atoms with Crippen LogP contribution >= 0.6 is 0 Å². The van der Waals surface area contributed by atoms with E-state index < -0.39 is 18.1 Å². The molecule has 72 valence electrons. The highest BCUT2D eigenvalue weighted by molar-refractivity contribution is 5.17.